The smallest absolute Gasteiger partial charge is 0.181 e. The summed E-state index contributed by atoms with van der Waals surface area (Å²) >= 11 is 0. The van der Waals surface area contributed by atoms with Crippen molar-refractivity contribution in [2.24, 2.45) is 0 Å². The third-order valence-corrected chi connectivity index (χ3v) is 2.35. The summed E-state index contributed by atoms with van der Waals surface area (Å²) in [5, 5.41) is 0. The first-order valence-corrected chi connectivity index (χ1v) is 5.58. The molecule has 0 N–H and O–H groups in total. The molecule has 0 amide bonds. The molecule has 0 spiro atoms. The Kier molecular flexibility index (Phi) is 5.57. The van der Waals surface area contributed by atoms with Crippen LogP contribution in [-0.2, 0) is 9.59 Å². The van der Waals surface area contributed by atoms with Crippen LogP contribution in [0, 0.1) is 0 Å². The van der Waals surface area contributed by atoms with E-state index in [-0.39, 0.29) is 42.9 Å². The standard InChI is InChI=1S/C13H13NO4/c15-7-1-3-12(17)10-5-6-11(14-9-10)13(18)4-2-8-16/h5-9H,1-4H2. The second kappa shape index (κ2) is 7.21. The molecule has 1 aromatic heterocycles. The predicted molar refractivity (Wildman–Crippen MR) is 63.5 cm³/mol. The maximum Gasteiger partial charge on any atom is 0.181 e. The molecule has 5 nitrogen and oxygen atoms in total. The number of rotatable bonds is 8. The Hall–Kier alpha value is -2.17. The molecule has 0 aromatic carbocycles. The van der Waals surface area contributed by atoms with Crippen LogP contribution in [0.5, 0.6) is 0 Å². The summed E-state index contributed by atoms with van der Waals surface area (Å²) in [5.41, 5.74) is 0.618. The molecule has 5 heteroatoms. The zero-order chi connectivity index (χ0) is 13.4. The van der Waals surface area contributed by atoms with Gasteiger partial charge < -0.3 is 9.59 Å². The summed E-state index contributed by atoms with van der Waals surface area (Å²) in [6.45, 7) is 0. The predicted octanol–water partition coefficient (Wildman–Crippen LogP) is 1.41. The van der Waals surface area contributed by atoms with E-state index in [1.54, 1.807) is 0 Å². The summed E-state index contributed by atoms with van der Waals surface area (Å²) in [6, 6.07) is 2.97. The van der Waals surface area contributed by atoms with Crippen LogP contribution >= 0.6 is 0 Å². The van der Waals surface area contributed by atoms with Crippen molar-refractivity contribution in [2.45, 2.75) is 25.7 Å². The first kappa shape index (κ1) is 13.9. The number of carbonyl (C=O) groups is 4. The van der Waals surface area contributed by atoms with Gasteiger partial charge in [-0.15, -0.1) is 0 Å². The Morgan fingerprint density at radius 2 is 1.61 bits per heavy atom. The van der Waals surface area contributed by atoms with Crippen molar-refractivity contribution < 1.29 is 19.2 Å². The normalized spacial score (nSPS) is 9.78. The van der Waals surface area contributed by atoms with Crippen molar-refractivity contribution in [3.8, 4) is 0 Å². The van der Waals surface area contributed by atoms with Gasteiger partial charge in [-0.1, -0.05) is 0 Å². The lowest BCUT2D eigenvalue weighted by Crippen LogP contribution is -2.05. The van der Waals surface area contributed by atoms with Crippen LogP contribution in [-0.4, -0.2) is 29.1 Å². The number of pyridine rings is 1. The van der Waals surface area contributed by atoms with E-state index < -0.39 is 0 Å². The van der Waals surface area contributed by atoms with E-state index in [4.69, 9.17) is 0 Å². The van der Waals surface area contributed by atoms with E-state index >= 15 is 0 Å². The summed E-state index contributed by atoms with van der Waals surface area (Å²) in [5.74, 6) is -0.407. The first-order chi connectivity index (χ1) is 8.69. The average Bonchev–Trinajstić information content (AvgIpc) is 2.42. The van der Waals surface area contributed by atoms with E-state index in [2.05, 4.69) is 4.98 Å². The zero-order valence-electron chi connectivity index (χ0n) is 9.80. The minimum absolute atomic E-state index is 0.120. The minimum Gasteiger partial charge on any atom is -0.303 e. The van der Waals surface area contributed by atoms with Crippen molar-refractivity contribution in [3.05, 3.63) is 29.6 Å². The second-order valence-electron chi connectivity index (χ2n) is 3.69. The van der Waals surface area contributed by atoms with Crippen molar-refractivity contribution in [1.29, 1.82) is 0 Å². The van der Waals surface area contributed by atoms with Gasteiger partial charge in [0, 0.05) is 37.4 Å². The highest BCUT2D eigenvalue weighted by molar-refractivity contribution is 5.98. The van der Waals surface area contributed by atoms with Gasteiger partial charge in [0.2, 0.25) is 0 Å². The van der Waals surface area contributed by atoms with Crippen molar-refractivity contribution in [2.75, 3.05) is 0 Å². The molecule has 0 aliphatic rings. The molecule has 1 heterocycles. The maximum absolute atomic E-state index is 11.5. The molecule has 1 aromatic rings. The van der Waals surface area contributed by atoms with Crippen molar-refractivity contribution in [1.82, 2.24) is 4.98 Å². The second-order valence-corrected chi connectivity index (χ2v) is 3.69. The molecular weight excluding hydrogens is 234 g/mol. The lowest BCUT2D eigenvalue weighted by Gasteiger charge is -2.00. The summed E-state index contributed by atoms with van der Waals surface area (Å²) < 4.78 is 0. The quantitative estimate of drug-likeness (QED) is 0.512. The third kappa shape index (κ3) is 4.01. The minimum atomic E-state index is -0.228. The van der Waals surface area contributed by atoms with Gasteiger partial charge in [0.25, 0.3) is 0 Å². The number of hydrogen-bond donors (Lipinski definition) is 0. The molecule has 0 atom stereocenters. The van der Waals surface area contributed by atoms with Crippen LogP contribution in [0.2, 0.25) is 0 Å². The third-order valence-electron chi connectivity index (χ3n) is 2.35. The topological polar surface area (TPSA) is 81.2 Å². The number of aldehydes is 2. The highest BCUT2D eigenvalue weighted by Crippen LogP contribution is 2.07. The van der Waals surface area contributed by atoms with Crippen molar-refractivity contribution >= 4 is 24.1 Å². The molecule has 94 valence electrons. The molecule has 0 unspecified atom stereocenters. The average molecular weight is 247 g/mol. The Morgan fingerprint density at radius 1 is 1.00 bits per heavy atom. The number of nitrogens with zero attached hydrogens (tertiary/aromatic N) is 1. The molecular formula is C13H13NO4. The fraction of sp³-hybridized carbons (Fsp3) is 0.308. The highest BCUT2D eigenvalue weighted by Gasteiger charge is 2.09. The van der Waals surface area contributed by atoms with Crippen LogP contribution in [0.25, 0.3) is 0 Å². The Balaban J connectivity index is 2.67. The molecule has 0 saturated heterocycles. The number of ketones is 2. The number of carbonyl (C=O) groups excluding carboxylic acids is 4. The molecule has 0 aliphatic carbocycles. The van der Waals surface area contributed by atoms with Crippen LogP contribution in [0.4, 0.5) is 0 Å². The lowest BCUT2D eigenvalue weighted by atomic mass is 10.1. The van der Waals surface area contributed by atoms with Gasteiger partial charge in [0.1, 0.15) is 18.3 Å². The molecule has 0 saturated carbocycles. The van der Waals surface area contributed by atoms with Gasteiger partial charge in [-0.2, -0.15) is 0 Å². The number of Topliss-reactive ketones (excluding diaryl/α,β-unsaturated/α-hetero) is 2. The van der Waals surface area contributed by atoms with Crippen LogP contribution in [0.3, 0.4) is 0 Å². The number of aromatic nitrogens is 1. The van der Waals surface area contributed by atoms with Crippen LogP contribution in [0.15, 0.2) is 18.3 Å². The molecule has 0 fully saturated rings. The van der Waals surface area contributed by atoms with Crippen LogP contribution in [0.1, 0.15) is 46.5 Å². The number of hydrogen-bond acceptors (Lipinski definition) is 5. The Bertz CT molecular complexity index is 408. The molecule has 0 aliphatic heterocycles. The maximum atomic E-state index is 11.5. The van der Waals surface area contributed by atoms with Crippen LogP contribution < -0.4 is 0 Å². The van der Waals surface area contributed by atoms with Gasteiger partial charge in [0.05, 0.1) is 0 Å². The van der Waals surface area contributed by atoms with E-state index in [9.17, 15) is 19.2 Å². The highest BCUT2D eigenvalue weighted by atomic mass is 16.1. The van der Waals surface area contributed by atoms with Gasteiger partial charge >= 0.3 is 0 Å². The lowest BCUT2D eigenvalue weighted by molar-refractivity contribution is -0.108. The van der Waals surface area contributed by atoms with E-state index in [0.717, 1.165) is 0 Å². The summed E-state index contributed by atoms with van der Waals surface area (Å²) in [4.78, 5) is 47.2. The molecule has 0 radical (unpaired) electrons. The van der Waals surface area contributed by atoms with E-state index in [0.29, 0.717) is 18.1 Å². The fourth-order valence-electron chi connectivity index (χ4n) is 1.38. The molecule has 18 heavy (non-hydrogen) atoms. The van der Waals surface area contributed by atoms with Gasteiger partial charge in [0.15, 0.2) is 11.6 Å². The SMILES string of the molecule is O=CCCC(=O)c1ccc(C(=O)CCC=O)nc1. The monoisotopic (exact) mass is 247 g/mol. The fourth-order valence-corrected chi connectivity index (χ4v) is 1.38. The zero-order valence-corrected chi connectivity index (χ0v) is 9.80. The first-order valence-electron chi connectivity index (χ1n) is 5.58. The molecule has 0 bridgehead atoms. The van der Waals surface area contributed by atoms with Gasteiger partial charge in [-0.25, -0.2) is 0 Å². The summed E-state index contributed by atoms with van der Waals surface area (Å²) in [7, 11) is 0. The van der Waals surface area contributed by atoms with Gasteiger partial charge in [-0.05, 0) is 12.1 Å². The molecule has 1 rings (SSSR count). The van der Waals surface area contributed by atoms with Gasteiger partial charge in [-0.3, -0.25) is 14.6 Å². The van der Waals surface area contributed by atoms with Crippen molar-refractivity contribution in [3.63, 3.8) is 0 Å². The van der Waals surface area contributed by atoms with E-state index in [1.807, 2.05) is 0 Å². The largest absolute Gasteiger partial charge is 0.303 e. The summed E-state index contributed by atoms with van der Waals surface area (Å²) in [6.07, 6.45) is 3.29. The Labute approximate surface area is 104 Å². The Morgan fingerprint density at radius 3 is 2.11 bits per heavy atom. The van der Waals surface area contributed by atoms with E-state index in [1.165, 1.54) is 18.3 Å².